The third kappa shape index (κ3) is 2.33. The zero-order valence-corrected chi connectivity index (χ0v) is 13.8. The van der Waals surface area contributed by atoms with E-state index in [-0.39, 0.29) is 0 Å². The van der Waals surface area contributed by atoms with Crippen LogP contribution in [0.15, 0.2) is 24.3 Å². The highest BCUT2D eigenvalue weighted by molar-refractivity contribution is 5.73. The summed E-state index contributed by atoms with van der Waals surface area (Å²) in [5.74, 6) is 0. The van der Waals surface area contributed by atoms with Gasteiger partial charge in [0, 0.05) is 18.4 Å². The smallest absolute Gasteiger partial charge is 0.0467 e. The Bertz CT molecular complexity index is 633. The van der Waals surface area contributed by atoms with Crippen LogP contribution in [0.25, 0.3) is 0 Å². The number of hydrogen-bond donors (Lipinski definition) is 0. The molecule has 0 aromatic heterocycles. The Morgan fingerprint density at radius 3 is 1.80 bits per heavy atom. The fraction of sp³-hybridized carbons (Fsp3) is 0.368. The Morgan fingerprint density at radius 2 is 1.25 bits per heavy atom. The number of hydrogen-bond acceptors (Lipinski definition) is 1. The zero-order chi connectivity index (χ0) is 15.0. The van der Waals surface area contributed by atoms with Crippen LogP contribution < -0.4 is 4.90 Å². The Kier molecular flexibility index (Phi) is 3.89. The molecule has 0 unspecified atom stereocenters. The van der Waals surface area contributed by atoms with E-state index in [4.69, 9.17) is 0 Å². The predicted molar refractivity (Wildman–Crippen MR) is 89.4 cm³/mol. The van der Waals surface area contributed by atoms with Crippen LogP contribution in [0.2, 0.25) is 0 Å². The normalized spacial score (nSPS) is 10.8. The van der Waals surface area contributed by atoms with Crippen LogP contribution in [0.4, 0.5) is 11.4 Å². The number of benzene rings is 2. The van der Waals surface area contributed by atoms with E-state index in [9.17, 15) is 0 Å². The van der Waals surface area contributed by atoms with E-state index < -0.39 is 0 Å². The second-order valence-corrected chi connectivity index (χ2v) is 5.89. The molecule has 0 N–H and O–H groups in total. The second kappa shape index (κ2) is 5.32. The van der Waals surface area contributed by atoms with Crippen LogP contribution in [-0.4, -0.2) is 7.05 Å². The van der Waals surface area contributed by atoms with Gasteiger partial charge in [-0.1, -0.05) is 18.2 Å². The number of para-hydroxylation sites is 1. The summed E-state index contributed by atoms with van der Waals surface area (Å²) < 4.78 is 0. The third-order valence-electron chi connectivity index (χ3n) is 4.59. The minimum Gasteiger partial charge on any atom is -0.344 e. The van der Waals surface area contributed by atoms with Gasteiger partial charge in [0.05, 0.1) is 0 Å². The average molecular weight is 267 g/mol. The minimum atomic E-state index is 1.31. The van der Waals surface area contributed by atoms with Gasteiger partial charge < -0.3 is 4.90 Å². The molecule has 2 aromatic rings. The van der Waals surface area contributed by atoms with Crippen molar-refractivity contribution in [2.24, 2.45) is 0 Å². The summed E-state index contributed by atoms with van der Waals surface area (Å²) in [6.07, 6.45) is 0. The molecule has 0 aliphatic carbocycles. The van der Waals surface area contributed by atoms with Crippen LogP contribution in [-0.2, 0) is 0 Å². The summed E-state index contributed by atoms with van der Waals surface area (Å²) in [4.78, 5) is 2.33. The Hall–Kier alpha value is -1.76. The molecule has 0 spiro atoms. The highest BCUT2D eigenvalue weighted by Gasteiger charge is 2.14. The lowest BCUT2D eigenvalue weighted by Gasteiger charge is -2.27. The van der Waals surface area contributed by atoms with Gasteiger partial charge in [0.1, 0.15) is 0 Å². The molecule has 0 bridgehead atoms. The van der Waals surface area contributed by atoms with Gasteiger partial charge >= 0.3 is 0 Å². The zero-order valence-electron chi connectivity index (χ0n) is 13.8. The predicted octanol–water partition coefficient (Wildman–Crippen LogP) is 5.31. The van der Waals surface area contributed by atoms with Gasteiger partial charge in [-0.25, -0.2) is 0 Å². The maximum absolute atomic E-state index is 2.33. The van der Waals surface area contributed by atoms with Crippen LogP contribution >= 0.6 is 0 Å². The summed E-state index contributed by atoms with van der Waals surface area (Å²) >= 11 is 0. The van der Waals surface area contributed by atoms with Gasteiger partial charge in [0.2, 0.25) is 0 Å². The summed E-state index contributed by atoms with van der Waals surface area (Å²) in [7, 11) is 2.17. The Balaban J connectivity index is 2.63. The molecule has 0 aliphatic rings. The lowest BCUT2D eigenvalue weighted by atomic mass is 9.96. The number of anilines is 2. The SMILES string of the molecule is Cc1cc(N(C)c2c(C)cccc2C)c(C)c(C)c1C. The van der Waals surface area contributed by atoms with Crippen molar-refractivity contribution in [3.05, 3.63) is 57.6 Å². The summed E-state index contributed by atoms with van der Waals surface area (Å²) in [5.41, 5.74) is 10.8. The van der Waals surface area contributed by atoms with Crippen molar-refractivity contribution in [1.82, 2.24) is 0 Å². The molecule has 2 aromatic carbocycles. The maximum atomic E-state index is 2.33. The molecule has 0 saturated heterocycles. The first-order chi connectivity index (χ1) is 9.34. The van der Waals surface area contributed by atoms with E-state index in [0.29, 0.717) is 0 Å². The Labute approximate surface area is 123 Å². The molecule has 1 nitrogen and oxygen atoms in total. The molecule has 1 heteroatoms. The van der Waals surface area contributed by atoms with Crippen LogP contribution in [0.3, 0.4) is 0 Å². The first-order valence-electron chi connectivity index (χ1n) is 7.22. The van der Waals surface area contributed by atoms with Crippen LogP contribution in [0.1, 0.15) is 33.4 Å². The molecule has 0 aliphatic heterocycles. The first-order valence-corrected chi connectivity index (χ1v) is 7.22. The van der Waals surface area contributed by atoms with Crippen molar-refractivity contribution in [2.75, 3.05) is 11.9 Å². The van der Waals surface area contributed by atoms with Gasteiger partial charge in [-0.05, 0) is 81.0 Å². The highest BCUT2D eigenvalue weighted by Crippen LogP contribution is 2.35. The molecule has 0 heterocycles. The molecule has 0 radical (unpaired) electrons. The summed E-state index contributed by atoms with van der Waals surface area (Å²) in [6.45, 7) is 13.2. The van der Waals surface area contributed by atoms with E-state index >= 15 is 0 Å². The summed E-state index contributed by atoms with van der Waals surface area (Å²) in [5, 5.41) is 0. The van der Waals surface area contributed by atoms with E-state index in [1.807, 2.05) is 0 Å². The Morgan fingerprint density at radius 1 is 0.700 bits per heavy atom. The van der Waals surface area contributed by atoms with Gasteiger partial charge in [-0.15, -0.1) is 0 Å². The van der Waals surface area contributed by atoms with Crippen LogP contribution in [0, 0.1) is 41.5 Å². The van der Waals surface area contributed by atoms with Gasteiger partial charge in [-0.2, -0.15) is 0 Å². The summed E-state index contributed by atoms with van der Waals surface area (Å²) in [6, 6.07) is 8.80. The van der Waals surface area contributed by atoms with Crippen molar-refractivity contribution in [3.63, 3.8) is 0 Å². The van der Waals surface area contributed by atoms with E-state index in [0.717, 1.165) is 0 Å². The maximum Gasteiger partial charge on any atom is 0.0467 e. The molecule has 0 fully saturated rings. The fourth-order valence-corrected chi connectivity index (χ4v) is 2.99. The number of nitrogens with zero attached hydrogens (tertiary/aromatic N) is 1. The molecule has 0 amide bonds. The van der Waals surface area contributed by atoms with Gasteiger partial charge in [-0.3, -0.25) is 0 Å². The van der Waals surface area contributed by atoms with Crippen molar-refractivity contribution in [2.45, 2.75) is 41.5 Å². The van der Waals surface area contributed by atoms with Crippen LogP contribution in [0.5, 0.6) is 0 Å². The minimum absolute atomic E-state index is 1.31. The number of aryl methyl sites for hydroxylation is 3. The monoisotopic (exact) mass is 267 g/mol. The first kappa shape index (κ1) is 14.6. The lowest BCUT2D eigenvalue weighted by molar-refractivity contribution is 1.11. The van der Waals surface area contributed by atoms with E-state index in [2.05, 4.69) is 77.8 Å². The molecule has 106 valence electrons. The van der Waals surface area contributed by atoms with Crippen molar-refractivity contribution >= 4 is 11.4 Å². The lowest BCUT2D eigenvalue weighted by Crippen LogP contribution is -2.15. The van der Waals surface area contributed by atoms with Gasteiger partial charge in [0.15, 0.2) is 0 Å². The van der Waals surface area contributed by atoms with Crippen molar-refractivity contribution < 1.29 is 0 Å². The van der Waals surface area contributed by atoms with Gasteiger partial charge in [0.25, 0.3) is 0 Å². The molecule has 0 atom stereocenters. The molecular weight excluding hydrogens is 242 g/mol. The molecule has 0 saturated carbocycles. The molecular formula is C19H25N. The standard InChI is InChI=1S/C19H25N/c1-12-9-8-10-13(2)19(12)20(7)18-11-14(3)15(4)16(5)17(18)6/h8-11H,1-7H3. The fourth-order valence-electron chi connectivity index (χ4n) is 2.99. The van der Waals surface area contributed by atoms with E-state index in [1.54, 1.807) is 0 Å². The quantitative estimate of drug-likeness (QED) is 0.713. The largest absolute Gasteiger partial charge is 0.344 e. The van der Waals surface area contributed by atoms with E-state index in [1.165, 1.54) is 44.8 Å². The second-order valence-electron chi connectivity index (χ2n) is 5.89. The van der Waals surface area contributed by atoms with Crippen molar-refractivity contribution in [3.8, 4) is 0 Å². The third-order valence-corrected chi connectivity index (χ3v) is 4.59. The molecule has 20 heavy (non-hydrogen) atoms. The topological polar surface area (TPSA) is 3.24 Å². The number of rotatable bonds is 2. The molecule has 2 rings (SSSR count). The average Bonchev–Trinajstić information content (AvgIpc) is 2.40. The highest BCUT2D eigenvalue weighted by atomic mass is 15.1. The van der Waals surface area contributed by atoms with Crippen molar-refractivity contribution in [1.29, 1.82) is 0 Å².